The SMILES string of the molecule is Cc1cccc(CN2CCN(C(=O)c3csc(-c4ncccn4)n3)CC2)c1. The Hall–Kier alpha value is -2.64. The molecule has 1 saturated heterocycles. The molecule has 0 atom stereocenters. The first kappa shape index (κ1) is 17.8. The maximum Gasteiger partial charge on any atom is 0.273 e. The fraction of sp³-hybridized carbons (Fsp3) is 0.300. The molecule has 3 heterocycles. The molecular formula is C20H21N5OS. The third-order valence-electron chi connectivity index (χ3n) is 4.63. The van der Waals surface area contributed by atoms with E-state index in [0.717, 1.165) is 32.7 Å². The standard InChI is InChI=1S/C20H21N5OS/c1-15-4-2-5-16(12-15)13-24-8-10-25(11-9-24)20(26)17-14-27-19(23-17)18-21-6-3-7-22-18/h2-7,12,14H,8-11,13H2,1H3. The van der Waals surface area contributed by atoms with Gasteiger partial charge < -0.3 is 4.90 Å². The minimum atomic E-state index is -0.0105. The van der Waals surface area contributed by atoms with E-state index < -0.39 is 0 Å². The van der Waals surface area contributed by atoms with Gasteiger partial charge >= 0.3 is 0 Å². The second-order valence-electron chi connectivity index (χ2n) is 6.67. The van der Waals surface area contributed by atoms with Crippen molar-refractivity contribution in [1.29, 1.82) is 0 Å². The maximum atomic E-state index is 12.8. The Morgan fingerprint density at radius 1 is 1.11 bits per heavy atom. The van der Waals surface area contributed by atoms with Gasteiger partial charge in [0.1, 0.15) is 5.69 Å². The molecule has 0 spiro atoms. The predicted octanol–water partition coefficient (Wildman–Crippen LogP) is 2.87. The number of carbonyl (C=O) groups excluding carboxylic acids is 1. The third-order valence-corrected chi connectivity index (χ3v) is 5.47. The van der Waals surface area contributed by atoms with Crippen LogP contribution < -0.4 is 0 Å². The van der Waals surface area contributed by atoms with Gasteiger partial charge in [0, 0.05) is 50.5 Å². The minimum Gasteiger partial charge on any atom is -0.335 e. The monoisotopic (exact) mass is 379 g/mol. The molecule has 7 heteroatoms. The molecule has 1 fully saturated rings. The summed E-state index contributed by atoms with van der Waals surface area (Å²) in [6.45, 7) is 6.23. The topological polar surface area (TPSA) is 62.2 Å². The highest BCUT2D eigenvalue weighted by molar-refractivity contribution is 7.13. The van der Waals surface area contributed by atoms with Gasteiger partial charge in [0.15, 0.2) is 10.8 Å². The van der Waals surface area contributed by atoms with Crippen molar-refractivity contribution >= 4 is 17.2 Å². The van der Waals surface area contributed by atoms with Gasteiger partial charge in [0.2, 0.25) is 0 Å². The van der Waals surface area contributed by atoms with E-state index in [4.69, 9.17) is 0 Å². The highest BCUT2D eigenvalue weighted by atomic mass is 32.1. The van der Waals surface area contributed by atoms with Gasteiger partial charge in [-0.05, 0) is 18.6 Å². The molecule has 0 unspecified atom stereocenters. The van der Waals surface area contributed by atoms with Crippen LogP contribution in [0.1, 0.15) is 21.6 Å². The second kappa shape index (κ2) is 7.94. The fourth-order valence-electron chi connectivity index (χ4n) is 3.22. The summed E-state index contributed by atoms with van der Waals surface area (Å²) in [6, 6.07) is 10.4. The van der Waals surface area contributed by atoms with Crippen molar-refractivity contribution in [3.05, 3.63) is 64.9 Å². The lowest BCUT2D eigenvalue weighted by atomic mass is 10.1. The van der Waals surface area contributed by atoms with Crippen molar-refractivity contribution in [2.24, 2.45) is 0 Å². The molecule has 3 aromatic rings. The maximum absolute atomic E-state index is 12.8. The van der Waals surface area contributed by atoms with E-state index in [0.29, 0.717) is 16.5 Å². The Balaban J connectivity index is 1.35. The van der Waals surface area contributed by atoms with Crippen LogP contribution in [0.2, 0.25) is 0 Å². The van der Waals surface area contributed by atoms with Gasteiger partial charge in [-0.15, -0.1) is 11.3 Å². The highest BCUT2D eigenvalue weighted by Gasteiger charge is 2.24. The largest absolute Gasteiger partial charge is 0.335 e. The number of hydrogen-bond donors (Lipinski definition) is 0. The van der Waals surface area contributed by atoms with E-state index in [1.807, 2.05) is 4.90 Å². The molecule has 6 nitrogen and oxygen atoms in total. The summed E-state index contributed by atoms with van der Waals surface area (Å²) < 4.78 is 0. The molecule has 138 valence electrons. The zero-order chi connectivity index (χ0) is 18.6. The number of nitrogens with zero attached hydrogens (tertiary/aromatic N) is 5. The number of rotatable bonds is 4. The number of benzene rings is 1. The van der Waals surface area contributed by atoms with Gasteiger partial charge in [-0.1, -0.05) is 29.8 Å². The van der Waals surface area contributed by atoms with Crippen LogP contribution in [-0.4, -0.2) is 56.8 Å². The van der Waals surface area contributed by atoms with Crippen LogP contribution in [0, 0.1) is 6.92 Å². The Morgan fingerprint density at radius 2 is 1.89 bits per heavy atom. The van der Waals surface area contributed by atoms with E-state index in [1.54, 1.807) is 23.8 Å². The molecule has 1 aliphatic heterocycles. The molecule has 1 aliphatic rings. The third kappa shape index (κ3) is 4.20. The molecule has 0 aliphatic carbocycles. The molecule has 27 heavy (non-hydrogen) atoms. The summed E-state index contributed by atoms with van der Waals surface area (Å²) >= 11 is 1.40. The van der Waals surface area contributed by atoms with Gasteiger partial charge in [-0.2, -0.15) is 0 Å². The number of thiazole rings is 1. The first-order chi connectivity index (χ1) is 13.2. The zero-order valence-electron chi connectivity index (χ0n) is 15.2. The van der Waals surface area contributed by atoms with Gasteiger partial charge in [0.25, 0.3) is 5.91 Å². The number of amides is 1. The quantitative estimate of drug-likeness (QED) is 0.698. The molecule has 1 amide bonds. The number of piperazine rings is 1. The summed E-state index contributed by atoms with van der Waals surface area (Å²) in [6.07, 6.45) is 3.36. The first-order valence-electron chi connectivity index (χ1n) is 8.99. The fourth-order valence-corrected chi connectivity index (χ4v) is 3.96. The molecule has 4 rings (SSSR count). The van der Waals surface area contributed by atoms with Crippen molar-refractivity contribution in [3.8, 4) is 10.8 Å². The number of carbonyl (C=O) groups is 1. The van der Waals surface area contributed by atoms with Crippen molar-refractivity contribution in [2.75, 3.05) is 26.2 Å². The molecule has 0 bridgehead atoms. The summed E-state index contributed by atoms with van der Waals surface area (Å²) in [7, 11) is 0. The lowest BCUT2D eigenvalue weighted by Crippen LogP contribution is -2.48. The van der Waals surface area contributed by atoms with E-state index >= 15 is 0 Å². The van der Waals surface area contributed by atoms with Gasteiger partial charge in [-0.3, -0.25) is 9.69 Å². The van der Waals surface area contributed by atoms with Gasteiger partial charge in [-0.25, -0.2) is 15.0 Å². The Bertz CT molecular complexity index is 919. The Morgan fingerprint density at radius 3 is 2.63 bits per heavy atom. The smallest absolute Gasteiger partial charge is 0.273 e. The van der Waals surface area contributed by atoms with Crippen molar-refractivity contribution in [2.45, 2.75) is 13.5 Å². The average Bonchev–Trinajstić information content (AvgIpc) is 3.19. The predicted molar refractivity (Wildman–Crippen MR) is 105 cm³/mol. The lowest BCUT2D eigenvalue weighted by Gasteiger charge is -2.34. The van der Waals surface area contributed by atoms with Crippen LogP contribution in [0.15, 0.2) is 48.1 Å². The van der Waals surface area contributed by atoms with Crippen LogP contribution in [0.4, 0.5) is 0 Å². The zero-order valence-corrected chi connectivity index (χ0v) is 16.0. The lowest BCUT2D eigenvalue weighted by molar-refractivity contribution is 0.0623. The first-order valence-corrected chi connectivity index (χ1v) is 9.87. The Kier molecular flexibility index (Phi) is 5.22. The van der Waals surface area contributed by atoms with Crippen LogP contribution in [0.25, 0.3) is 10.8 Å². The summed E-state index contributed by atoms with van der Waals surface area (Å²) in [5.74, 6) is 0.549. The van der Waals surface area contributed by atoms with Crippen molar-refractivity contribution in [3.63, 3.8) is 0 Å². The molecule has 1 aromatic carbocycles. The summed E-state index contributed by atoms with van der Waals surface area (Å²) in [4.78, 5) is 29.9. The van der Waals surface area contributed by atoms with Crippen molar-refractivity contribution < 1.29 is 4.79 Å². The highest BCUT2D eigenvalue weighted by Crippen LogP contribution is 2.21. The minimum absolute atomic E-state index is 0.0105. The van der Waals surface area contributed by atoms with Gasteiger partial charge in [0.05, 0.1) is 0 Å². The Labute approximate surface area is 162 Å². The normalized spacial score (nSPS) is 15.1. The van der Waals surface area contributed by atoms with E-state index in [1.165, 1.54) is 22.5 Å². The summed E-state index contributed by atoms with van der Waals surface area (Å²) in [5, 5.41) is 2.48. The second-order valence-corrected chi connectivity index (χ2v) is 7.53. The molecule has 0 N–H and O–H groups in total. The summed E-state index contributed by atoms with van der Waals surface area (Å²) in [5.41, 5.74) is 3.08. The van der Waals surface area contributed by atoms with E-state index in [9.17, 15) is 4.79 Å². The van der Waals surface area contributed by atoms with E-state index in [2.05, 4.69) is 51.0 Å². The average molecular weight is 379 g/mol. The molecule has 2 aromatic heterocycles. The number of aryl methyl sites for hydroxylation is 1. The molecule has 0 saturated carbocycles. The molecule has 0 radical (unpaired) electrons. The van der Waals surface area contributed by atoms with Crippen LogP contribution in [0.5, 0.6) is 0 Å². The number of aromatic nitrogens is 3. The van der Waals surface area contributed by atoms with Crippen molar-refractivity contribution in [1.82, 2.24) is 24.8 Å². The molecular weight excluding hydrogens is 358 g/mol. The van der Waals surface area contributed by atoms with Crippen LogP contribution in [0.3, 0.4) is 0 Å². The van der Waals surface area contributed by atoms with Crippen LogP contribution >= 0.6 is 11.3 Å². The number of hydrogen-bond acceptors (Lipinski definition) is 6. The van der Waals surface area contributed by atoms with E-state index in [-0.39, 0.29) is 5.91 Å². The van der Waals surface area contributed by atoms with Crippen LogP contribution in [-0.2, 0) is 6.54 Å².